The molecule has 4 nitrogen and oxygen atoms in total. The summed E-state index contributed by atoms with van der Waals surface area (Å²) >= 11 is 0. The number of aromatic nitrogens is 1. The third-order valence-corrected chi connectivity index (χ3v) is 4.63. The fraction of sp³-hybridized carbons (Fsp3) is 0.368. The summed E-state index contributed by atoms with van der Waals surface area (Å²) in [4.78, 5) is 17.9. The molecular weight excluding hydrogens is 288 g/mol. The molecular formula is C19H22N2O2. The molecule has 23 heavy (non-hydrogen) atoms. The van der Waals surface area contributed by atoms with E-state index in [9.17, 15) is 9.90 Å². The van der Waals surface area contributed by atoms with E-state index in [0.717, 1.165) is 30.6 Å². The van der Waals surface area contributed by atoms with E-state index in [-0.39, 0.29) is 5.92 Å². The number of carboxylic acids is 1. The number of piperidine rings is 1. The second kappa shape index (κ2) is 6.92. The molecule has 1 fully saturated rings. The normalized spacial score (nSPS) is 22.0. The Morgan fingerprint density at radius 2 is 2.13 bits per heavy atom. The van der Waals surface area contributed by atoms with Gasteiger partial charge in [0.15, 0.2) is 0 Å². The number of aliphatic carboxylic acids is 1. The lowest BCUT2D eigenvalue weighted by molar-refractivity contribution is -0.144. The van der Waals surface area contributed by atoms with Crippen molar-refractivity contribution in [3.8, 4) is 11.3 Å². The van der Waals surface area contributed by atoms with Gasteiger partial charge in [-0.3, -0.25) is 14.7 Å². The molecule has 1 aromatic heterocycles. The molecule has 0 saturated carbocycles. The van der Waals surface area contributed by atoms with Crippen LogP contribution < -0.4 is 0 Å². The molecule has 4 heteroatoms. The highest BCUT2D eigenvalue weighted by atomic mass is 16.4. The summed E-state index contributed by atoms with van der Waals surface area (Å²) in [5.41, 5.74) is 3.26. The maximum atomic E-state index is 11.3. The van der Waals surface area contributed by atoms with E-state index in [0.29, 0.717) is 12.6 Å². The Morgan fingerprint density at radius 1 is 1.26 bits per heavy atom. The molecule has 0 bridgehead atoms. The molecule has 1 saturated heterocycles. The van der Waals surface area contributed by atoms with Crippen LogP contribution in [0, 0.1) is 5.92 Å². The molecule has 3 rings (SSSR count). The minimum absolute atomic E-state index is 0.245. The van der Waals surface area contributed by atoms with E-state index in [1.807, 2.05) is 24.3 Å². The first-order chi connectivity index (χ1) is 11.1. The van der Waals surface area contributed by atoms with E-state index in [1.54, 1.807) is 6.20 Å². The summed E-state index contributed by atoms with van der Waals surface area (Å²) in [5, 5.41) is 9.27. The van der Waals surface area contributed by atoms with Gasteiger partial charge >= 0.3 is 5.97 Å². The zero-order valence-corrected chi connectivity index (χ0v) is 13.4. The zero-order valence-electron chi connectivity index (χ0n) is 13.4. The number of carbonyl (C=O) groups is 1. The zero-order chi connectivity index (χ0) is 16.2. The van der Waals surface area contributed by atoms with E-state index in [4.69, 9.17) is 0 Å². The lowest BCUT2D eigenvalue weighted by Gasteiger charge is -2.36. The molecule has 0 radical (unpaired) electrons. The van der Waals surface area contributed by atoms with Gasteiger partial charge in [-0.15, -0.1) is 0 Å². The van der Waals surface area contributed by atoms with Crippen molar-refractivity contribution in [3.05, 3.63) is 54.2 Å². The Balaban J connectivity index is 1.76. The first-order valence-corrected chi connectivity index (χ1v) is 8.10. The number of pyridine rings is 1. The van der Waals surface area contributed by atoms with Crippen LogP contribution in [0.2, 0.25) is 0 Å². The standard InChI is InChI=1S/C19H22N2O2/c1-14-8-9-17(19(22)23)13-21(14)12-15-5-4-6-16(11-15)18-7-2-3-10-20-18/h2-7,10-11,14,17H,8-9,12-13H2,1H3,(H,22,23). The fourth-order valence-electron chi connectivity index (χ4n) is 3.20. The lowest BCUT2D eigenvalue weighted by Crippen LogP contribution is -2.43. The number of hydrogen-bond acceptors (Lipinski definition) is 3. The summed E-state index contributed by atoms with van der Waals surface area (Å²) < 4.78 is 0. The number of likely N-dealkylation sites (tertiary alicyclic amines) is 1. The smallest absolute Gasteiger partial charge is 0.307 e. The molecule has 1 aromatic carbocycles. The number of nitrogens with zero attached hydrogens (tertiary/aromatic N) is 2. The Morgan fingerprint density at radius 3 is 2.87 bits per heavy atom. The van der Waals surface area contributed by atoms with Crippen molar-refractivity contribution < 1.29 is 9.90 Å². The van der Waals surface area contributed by atoms with E-state index >= 15 is 0 Å². The van der Waals surface area contributed by atoms with Crippen LogP contribution in [-0.2, 0) is 11.3 Å². The number of hydrogen-bond donors (Lipinski definition) is 1. The minimum atomic E-state index is -0.677. The van der Waals surface area contributed by atoms with E-state index in [1.165, 1.54) is 5.56 Å². The highest BCUT2D eigenvalue weighted by Crippen LogP contribution is 2.25. The summed E-state index contributed by atoms with van der Waals surface area (Å²) in [6.07, 6.45) is 3.52. The Kier molecular flexibility index (Phi) is 4.72. The number of carboxylic acid groups (broad SMARTS) is 1. The van der Waals surface area contributed by atoms with Crippen LogP contribution in [0.25, 0.3) is 11.3 Å². The summed E-state index contributed by atoms with van der Waals surface area (Å²) in [7, 11) is 0. The van der Waals surface area contributed by atoms with Crippen molar-refractivity contribution >= 4 is 5.97 Å². The maximum Gasteiger partial charge on any atom is 0.307 e. The molecule has 2 aromatic rings. The lowest BCUT2D eigenvalue weighted by atomic mass is 9.93. The van der Waals surface area contributed by atoms with Crippen molar-refractivity contribution in [2.24, 2.45) is 5.92 Å². The second-order valence-electron chi connectivity index (χ2n) is 6.31. The Bertz CT molecular complexity index is 672. The average Bonchev–Trinajstić information content (AvgIpc) is 2.58. The second-order valence-corrected chi connectivity index (χ2v) is 6.31. The monoisotopic (exact) mass is 310 g/mol. The first-order valence-electron chi connectivity index (χ1n) is 8.10. The Labute approximate surface area is 136 Å². The van der Waals surface area contributed by atoms with E-state index in [2.05, 4.69) is 35.0 Å². The van der Waals surface area contributed by atoms with Crippen molar-refractivity contribution in [2.75, 3.05) is 6.54 Å². The largest absolute Gasteiger partial charge is 0.481 e. The van der Waals surface area contributed by atoms with Crippen molar-refractivity contribution in [2.45, 2.75) is 32.4 Å². The van der Waals surface area contributed by atoms with Crippen LogP contribution in [-0.4, -0.2) is 33.5 Å². The van der Waals surface area contributed by atoms with Crippen LogP contribution in [0.15, 0.2) is 48.7 Å². The van der Waals surface area contributed by atoms with Gasteiger partial charge in [0, 0.05) is 30.9 Å². The number of rotatable bonds is 4. The van der Waals surface area contributed by atoms with Crippen molar-refractivity contribution in [1.82, 2.24) is 9.88 Å². The third-order valence-electron chi connectivity index (χ3n) is 4.63. The molecule has 1 aliphatic heterocycles. The van der Waals surface area contributed by atoms with Gasteiger partial charge in [-0.05, 0) is 43.5 Å². The van der Waals surface area contributed by atoms with Crippen LogP contribution >= 0.6 is 0 Å². The van der Waals surface area contributed by atoms with Gasteiger partial charge in [-0.2, -0.15) is 0 Å². The van der Waals surface area contributed by atoms with Gasteiger partial charge in [0.2, 0.25) is 0 Å². The first kappa shape index (κ1) is 15.7. The molecule has 0 spiro atoms. The Hall–Kier alpha value is -2.20. The fourth-order valence-corrected chi connectivity index (χ4v) is 3.20. The van der Waals surface area contributed by atoms with Crippen molar-refractivity contribution in [3.63, 3.8) is 0 Å². The van der Waals surface area contributed by atoms with Crippen molar-refractivity contribution in [1.29, 1.82) is 0 Å². The van der Waals surface area contributed by atoms with Gasteiger partial charge in [-0.25, -0.2) is 0 Å². The minimum Gasteiger partial charge on any atom is -0.481 e. The molecule has 2 heterocycles. The number of benzene rings is 1. The molecule has 2 unspecified atom stereocenters. The van der Waals surface area contributed by atoms with Crippen LogP contribution in [0.1, 0.15) is 25.3 Å². The average molecular weight is 310 g/mol. The molecule has 1 N–H and O–H groups in total. The molecule has 120 valence electrons. The predicted octanol–water partition coefficient (Wildman–Crippen LogP) is 3.43. The third kappa shape index (κ3) is 3.77. The summed E-state index contributed by atoms with van der Waals surface area (Å²) in [6, 6.07) is 14.7. The molecule has 0 aliphatic carbocycles. The van der Waals surface area contributed by atoms with E-state index < -0.39 is 5.97 Å². The quantitative estimate of drug-likeness (QED) is 0.940. The van der Waals surface area contributed by atoms with Gasteiger partial charge in [0.1, 0.15) is 0 Å². The van der Waals surface area contributed by atoms with Gasteiger partial charge in [-0.1, -0.05) is 24.3 Å². The molecule has 0 amide bonds. The van der Waals surface area contributed by atoms with Crippen LogP contribution in [0.5, 0.6) is 0 Å². The molecule has 2 atom stereocenters. The molecule has 1 aliphatic rings. The summed E-state index contributed by atoms with van der Waals surface area (Å²) in [5.74, 6) is -0.922. The highest BCUT2D eigenvalue weighted by Gasteiger charge is 2.29. The summed E-state index contributed by atoms with van der Waals surface area (Å²) in [6.45, 7) is 3.59. The van der Waals surface area contributed by atoms with Gasteiger partial charge in [0.25, 0.3) is 0 Å². The predicted molar refractivity (Wildman–Crippen MR) is 89.9 cm³/mol. The van der Waals surface area contributed by atoms with Gasteiger partial charge < -0.3 is 5.11 Å². The van der Waals surface area contributed by atoms with Gasteiger partial charge in [0.05, 0.1) is 11.6 Å². The topological polar surface area (TPSA) is 53.4 Å². The SMILES string of the molecule is CC1CCC(C(=O)O)CN1Cc1cccc(-c2ccccn2)c1. The highest BCUT2D eigenvalue weighted by molar-refractivity contribution is 5.70. The maximum absolute atomic E-state index is 11.3. The van der Waals surface area contributed by atoms with Crippen LogP contribution in [0.3, 0.4) is 0 Å². The van der Waals surface area contributed by atoms with Crippen LogP contribution in [0.4, 0.5) is 0 Å².